The first-order valence-corrected chi connectivity index (χ1v) is 6.71. The number of fused-ring (bicyclic) bond motifs is 1. The Hall–Kier alpha value is -2.01. The lowest BCUT2D eigenvalue weighted by molar-refractivity contribution is -0.0823. The third-order valence-electron chi connectivity index (χ3n) is 3.34. The van der Waals surface area contributed by atoms with Gasteiger partial charge in [0.05, 0.1) is 18.2 Å². The fourth-order valence-corrected chi connectivity index (χ4v) is 2.25. The first-order valence-electron chi connectivity index (χ1n) is 6.71. The minimum Gasteiger partial charge on any atom is -0.496 e. The predicted octanol–water partition coefficient (Wildman–Crippen LogP) is 3.16. The summed E-state index contributed by atoms with van der Waals surface area (Å²) in [5.41, 5.74) is 3.03. The van der Waals surface area contributed by atoms with Gasteiger partial charge in [-0.1, -0.05) is 5.57 Å². The van der Waals surface area contributed by atoms with Crippen molar-refractivity contribution in [3.8, 4) is 11.5 Å². The molecule has 5 nitrogen and oxygen atoms in total. The van der Waals surface area contributed by atoms with Crippen LogP contribution in [-0.2, 0) is 9.47 Å². The van der Waals surface area contributed by atoms with Crippen LogP contribution < -0.4 is 9.47 Å². The van der Waals surface area contributed by atoms with Crippen molar-refractivity contribution in [3.63, 3.8) is 0 Å². The molecule has 0 radical (unpaired) electrons. The zero-order valence-electron chi connectivity index (χ0n) is 13.0. The second kappa shape index (κ2) is 6.18. The molecule has 114 valence electrons. The molecule has 0 amide bonds. The zero-order valence-corrected chi connectivity index (χ0v) is 13.0. The van der Waals surface area contributed by atoms with E-state index in [0.29, 0.717) is 29.2 Å². The Labute approximate surface area is 124 Å². The number of allylic oxidation sites excluding steroid dienone is 1. The van der Waals surface area contributed by atoms with Crippen LogP contribution in [0.15, 0.2) is 17.7 Å². The van der Waals surface area contributed by atoms with Crippen molar-refractivity contribution >= 4 is 5.97 Å². The van der Waals surface area contributed by atoms with E-state index >= 15 is 0 Å². The minimum atomic E-state index is -0.729. The number of benzene rings is 1. The highest BCUT2D eigenvalue weighted by molar-refractivity contribution is 5.95. The molecule has 0 spiro atoms. The van der Waals surface area contributed by atoms with Crippen molar-refractivity contribution in [1.82, 2.24) is 0 Å². The van der Waals surface area contributed by atoms with Gasteiger partial charge in [0.2, 0.25) is 6.29 Å². The normalized spacial score (nSPS) is 16.2. The lowest BCUT2D eigenvalue weighted by Crippen LogP contribution is -2.04. The maximum Gasteiger partial charge on any atom is 0.341 e. The molecule has 1 aromatic rings. The first-order chi connectivity index (χ1) is 9.99. The average Bonchev–Trinajstić information content (AvgIpc) is 2.75. The molecule has 2 rings (SSSR count). The standard InChI is InChI=1S/C16H20O5/c1-9(2)6-7-20-12-8-11-13(14(18-4)10(12)3)16(19-5)21-15(11)17/h6,8,16H,7H2,1-5H3. The predicted molar refractivity (Wildman–Crippen MR) is 77.8 cm³/mol. The molecule has 0 N–H and O–H groups in total. The number of cyclic esters (lactones) is 1. The Morgan fingerprint density at radius 1 is 1.38 bits per heavy atom. The summed E-state index contributed by atoms with van der Waals surface area (Å²) in [7, 11) is 3.04. The van der Waals surface area contributed by atoms with Crippen LogP contribution in [0.25, 0.3) is 0 Å². The zero-order chi connectivity index (χ0) is 15.6. The topological polar surface area (TPSA) is 54.0 Å². The van der Waals surface area contributed by atoms with Gasteiger partial charge in [0, 0.05) is 12.7 Å². The maximum absolute atomic E-state index is 11.9. The number of hydrogen-bond donors (Lipinski definition) is 0. The summed E-state index contributed by atoms with van der Waals surface area (Å²) < 4.78 is 21.5. The van der Waals surface area contributed by atoms with Gasteiger partial charge in [0.25, 0.3) is 0 Å². The molecule has 0 saturated carbocycles. The SMILES string of the molecule is COc1c(C)c(OCC=C(C)C)cc2c1C(OC)OC2=O. The number of carbonyl (C=O) groups is 1. The Kier molecular flexibility index (Phi) is 4.53. The van der Waals surface area contributed by atoms with Crippen molar-refractivity contribution in [2.24, 2.45) is 0 Å². The summed E-state index contributed by atoms with van der Waals surface area (Å²) in [6, 6.07) is 1.69. The van der Waals surface area contributed by atoms with E-state index in [2.05, 4.69) is 0 Å². The highest BCUT2D eigenvalue weighted by Crippen LogP contribution is 2.43. The van der Waals surface area contributed by atoms with Crippen LogP contribution in [0.2, 0.25) is 0 Å². The van der Waals surface area contributed by atoms with Gasteiger partial charge in [-0.15, -0.1) is 0 Å². The van der Waals surface area contributed by atoms with Crippen molar-refractivity contribution in [3.05, 3.63) is 34.4 Å². The molecule has 21 heavy (non-hydrogen) atoms. The van der Waals surface area contributed by atoms with E-state index in [-0.39, 0.29) is 0 Å². The number of rotatable bonds is 5. The Bertz CT molecular complexity index is 585. The molecular weight excluding hydrogens is 272 g/mol. The quantitative estimate of drug-likeness (QED) is 0.616. The van der Waals surface area contributed by atoms with E-state index in [1.54, 1.807) is 13.2 Å². The van der Waals surface area contributed by atoms with Gasteiger partial charge in [-0.2, -0.15) is 0 Å². The third kappa shape index (κ3) is 2.88. The molecule has 1 atom stereocenters. The van der Waals surface area contributed by atoms with Crippen molar-refractivity contribution in [1.29, 1.82) is 0 Å². The van der Waals surface area contributed by atoms with Gasteiger partial charge >= 0.3 is 5.97 Å². The molecule has 1 unspecified atom stereocenters. The van der Waals surface area contributed by atoms with Crippen molar-refractivity contribution < 1.29 is 23.7 Å². The molecular formula is C16H20O5. The van der Waals surface area contributed by atoms with Crippen LogP contribution in [0.3, 0.4) is 0 Å². The summed E-state index contributed by atoms with van der Waals surface area (Å²) in [4.78, 5) is 11.9. The van der Waals surface area contributed by atoms with Gasteiger partial charge in [-0.3, -0.25) is 0 Å². The lowest BCUT2D eigenvalue weighted by Gasteiger charge is -2.16. The molecule has 1 aliphatic heterocycles. The van der Waals surface area contributed by atoms with Crippen molar-refractivity contribution in [2.45, 2.75) is 27.1 Å². The number of carbonyl (C=O) groups excluding carboxylic acids is 1. The Morgan fingerprint density at radius 3 is 2.67 bits per heavy atom. The Balaban J connectivity index is 2.44. The number of esters is 1. The highest BCUT2D eigenvalue weighted by Gasteiger charge is 2.36. The average molecular weight is 292 g/mol. The van der Waals surface area contributed by atoms with E-state index < -0.39 is 12.3 Å². The smallest absolute Gasteiger partial charge is 0.341 e. The molecule has 0 aliphatic carbocycles. The molecule has 5 heteroatoms. The first kappa shape index (κ1) is 15.4. The summed E-state index contributed by atoms with van der Waals surface area (Å²) in [6.45, 7) is 6.32. The molecule has 0 fully saturated rings. The maximum atomic E-state index is 11.9. The van der Waals surface area contributed by atoms with Gasteiger partial charge in [0.15, 0.2) is 0 Å². The van der Waals surface area contributed by atoms with Crippen LogP contribution in [0.5, 0.6) is 11.5 Å². The summed E-state index contributed by atoms with van der Waals surface area (Å²) in [5.74, 6) is 0.747. The third-order valence-corrected chi connectivity index (χ3v) is 3.34. The van der Waals surface area contributed by atoms with E-state index in [9.17, 15) is 4.79 Å². The Morgan fingerprint density at radius 2 is 2.10 bits per heavy atom. The fraction of sp³-hybridized carbons (Fsp3) is 0.438. The highest BCUT2D eigenvalue weighted by atomic mass is 16.7. The monoisotopic (exact) mass is 292 g/mol. The number of methoxy groups -OCH3 is 2. The van der Waals surface area contributed by atoms with E-state index in [4.69, 9.17) is 18.9 Å². The van der Waals surface area contributed by atoms with Crippen LogP contribution in [0.4, 0.5) is 0 Å². The van der Waals surface area contributed by atoms with Gasteiger partial charge in [-0.05, 0) is 32.9 Å². The van der Waals surface area contributed by atoms with Crippen LogP contribution in [-0.4, -0.2) is 26.8 Å². The van der Waals surface area contributed by atoms with Crippen LogP contribution in [0.1, 0.15) is 41.6 Å². The molecule has 0 aromatic heterocycles. The fourth-order valence-electron chi connectivity index (χ4n) is 2.25. The van der Waals surface area contributed by atoms with Crippen molar-refractivity contribution in [2.75, 3.05) is 20.8 Å². The lowest BCUT2D eigenvalue weighted by atomic mass is 10.0. The van der Waals surface area contributed by atoms with Crippen LogP contribution >= 0.6 is 0 Å². The molecule has 1 aromatic carbocycles. The molecule has 0 saturated heterocycles. The van der Waals surface area contributed by atoms with E-state index in [1.165, 1.54) is 12.7 Å². The van der Waals surface area contributed by atoms with E-state index in [1.807, 2.05) is 26.8 Å². The number of ether oxygens (including phenoxy) is 4. The molecule has 0 bridgehead atoms. The molecule has 1 aliphatic rings. The second-order valence-electron chi connectivity index (χ2n) is 5.06. The number of hydrogen-bond acceptors (Lipinski definition) is 5. The molecule has 1 heterocycles. The van der Waals surface area contributed by atoms with Gasteiger partial charge < -0.3 is 18.9 Å². The minimum absolute atomic E-state index is 0.427. The summed E-state index contributed by atoms with van der Waals surface area (Å²) >= 11 is 0. The second-order valence-corrected chi connectivity index (χ2v) is 5.06. The van der Waals surface area contributed by atoms with E-state index in [0.717, 1.165) is 5.56 Å². The summed E-state index contributed by atoms with van der Waals surface area (Å²) in [5, 5.41) is 0. The van der Waals surface area contributed by atoms with Gasteiger partial charge in [-0.25, -0.2) is 4.79 Å². The van der Waals surface area contributed by atoms with Crippen LogP contribution in [0, 0.1) is 6.92 Å². The summed E-state index contributed by atoms with van der Waals surface area (Å²) in [6.07, 6.45) is 1.24. The largest absolute Gasteiger partial charge is 0.496 e. The van der Waals surface area contributed by atoms with Gasteiger partial charge in [0.1, 0.15) is 18.1 Å².